The Morgan fingerprint density at radius 3 is 2.33 bits per heavy atom. The van der Waals surface area contributed by atoms with Crippen molar-refractivity contribution in [3.05, 3.63) is 10.6 Å². The van der Waals surface area contributed by atoms with E-state index in [1.807, 2.05) is 18.7 Å². The van der Waals surface area contributed by atoms with Crippen LogP contribution in [0, 0.1) is 11.8 Å². The van der Waals surface area contributed by atoms with Crippen LogP contribution >= 0.6 is 11.3 Å². The number of nitrogens with zero attached hydrogens (tertiary/aromatic N) is 5. The minimum absolute atomic E-state index is 0.0585. The Morgan fingerprint density at radius 2 is 1.70 bits per heavy atom. The number of fused-ring (bicyclic) bond motifs is 1. The van der Waals surface area contributed by atoms with Gasteiger partial charge in [-0.2, -0.15) is 0 Å². The molecule has 0 bridgehead atoms. The van der Waals surface area contributed by atoms with Crippen LogP contribution in [0.4, 0.5) is 5.13 Å². The number of aryl methyl sites for hydroxylation is 1. The molecule has 7 nitrogen and oxygen atoms in total. The number of rotatable bonds is 4. The van der Waals surface area contributed by atoms with Crippen LogP contribution in [0.5, 0.6) is 0 Å². The predicted molar refractivity (Wildman–Crippen MR) is 120 cm³/mol. The van der Waals surface area contributed by atoms with Gasteiger partial charge in [-0.25, -0.2) is 4.98 Å². The highest BCUT2D eigenvalue weighted by Crippen LogP contribution is 2.35. The van der Waals surface area contributed by atoms with E-state index in [0.717, 1.165) is 83.3 Å². The van der Waals surface area contributed by atoms with E-state index in [9.17, 15) is 9.59 Å². The number of amides is 2. The average molecular weight is 434 g/mol. The lowest BCUT2D eigenvalue weighted by atomic mass is 9.90. The molecule has 166 valence electrons. The summed E-state index contributed by atoms with van der Waals surface area (Å²) in [4.78, 5) is 40.3. The fraction of sp³-hybridized carbons (Fsp3) is 0.773. The van der Waals surface area contributed by atoms with Crippen LogP contribution in [-0.4, -0.2) is 90.4 Å². The topological polar surface area (TPSA) is 60.0 Å². The van der Waals surface area contributed by atoms with Crippen molar-refractivity contribution >= 4 is 28.3 Å². The van der Waals surface area contributed by atoms with E-state index in [4.69, 9.17) is 4.98 Å². The molecule has 0 radical (unpaired) electrons. The summed E-state index contributed by atoms with van der Waals surface area (Å²) >= 11 is 1.76. The van der Waals surface area contributed by atoms with Crippen molar-refractivity contribution in [1.29, 1.82) is 0 Å². The van der Waals surface area contributed by atoms with Crippen LogP contribution in [0.3, 0.4) is 0 Å². The molecule has 1 aliphatic carbocycles. The van der Waals surface area contributed by atoms with E-state index in [0.29, 0.717) is 5.91 Å². The zero-order chi connectivity index (χ0) is 21.3. The van der Waals surface area contributed by atoms with Crippen LogP contribution in [0.2, 0.25) is 0 Å². The molecular formula is C22H35N5O2S. The smallest absolute Gasteiger partial charge is 0.226 e. The van der Waals surface area contributed by atoms with E-state index in [1.54, 1.807) is 11.3 Å². The monoisotopic (exact) mass is 433 g/mol. The predicted octanol–water partition coefficient (Wildman–Crippen LogP) is 1.72. The van der Waals surface area contributed by atoms with E-state index >= 15 is 0 Å². The van der Waals surface area contributed by atoms with Crippen LogP contribution in [0.25, 0.3) is 0 Å². The number of carbonyl (C=O) groups is 2. The number of hydrogen-bond donors (Lipinski definition) is 0. The lowest BCUT2D eigenvalue weighted by Gasteiger charge is -2.36. The number of hydrogen-bond acceptors (Lipinski definition) is 6. The molecule has 3 aliphatic rings. The molecule has 2 aliphatic heterocycles. The second kappa shape index (κ2) is 9.22. The van der Waals surface area contributed by atoms with Gasteiger partial charge < -0.3 is 19.6 Å². The molecule has 1 atom stereocenters. The number of thiazole rings is 1. The van der Waals surface area contributed by atoms with E-state index in [2.05, 4.69) is 21.6 Å². The van der Waals surface area contributed by atoms with Crippen molar-refractivity contribution < 1.29 is 9.59 Å². The Morgan fingerprint density at radius 1 is 1.03 bits per heavy atom. The van der Waals surface area contributed by atoms with Gasteiger partial charge in [-0.1, -0.05) is 20.8 Å². The second-order valence-electron chi connectivity index (χ2n) is 9.03. The summed E-state index contributed by atoms with van der Waals surface area (Å²) in [7, 11) is 0. The zero-order valence-corrected chi connectivity index (χ0v) is 19.4. The Kier molecular flexibility index (Phi) is 6.63. The molecule has 4 rings (SSSR count). The molecule has 1 aromatic heterocycles. The maximum atomic E-state index is 13.1. The summed E-state index contributed by atoms with van der Waals surface area (Å²) in [5, 5.41) is 1.07. The van der Waals surface area contributed by atoms with Crippen molar-refractivity contribution in [2.75, 3.05) is 63.8 Å². The Hall–Kier alpha value is -1.67. The van der Waals surface area contributed by atoms with Crippen LogP contribution in [0.15, 0.2) is 0 Å². The molecule has 0 saturated carbocycles. The summed E-state index contributed by atoms with van der Waals surface area (Å²) in [6, 6.07) is 0. The number of likely N-dealkylation sites (N-methyl/N-ethyl adjacent to an activating group) is 1. The lowest BCUT2D eigenvalue weighted by Crippen LogP contribution is -2.50. The first-order chi connectivity index (χ1) is 14.5. The zero-order valence-electron chi connectivity index (χ0n) is 18.6. The number of piperazine rings is 2. The molecule has 2 amide bonds. The standard InChI is InChI=1S/C22H35N5O2S/c1-4-24-7-9-26(10-8-24)21(29)17-5-6-18-19(15-17)30-22(23-18)27-13-11-25(12-14-27)20(28)16(2)3/h16-17H,4-15H2,1-3H3. The molecule has 0 spiro atoms. The van der Waals surface area contributed by atoms with Crippen molar-refractivity contribution in [2.45, 2.75) is 40.0 Å². The third kappa shape index (κ3) is 4.49. The summed E-state index contributed by atoms with van der Waals surface area (Å²) in [5.74, 6) is 0.754. The molecule has 3 heterocycles. The average Bonchev–Trinajstić information content (AvgIpc) is 3.21. The van der Waals surface area contributed by atoms with Gasteiger partial charge in [-0.05, 0) is 25.8 Å². The molecule has 30 heavy (non-hydrogen) atoms. The van der Waals surface area contributed by atoms with E-state index in [-0.39, 0.29) is 17.7 Å². The maximum absolute atomic E-state index is 13.1. The van der Waals surface area contributed by atoms with Gasteiger partial charge in [0.1, 0.15) is 0 Å². The fourth-order valence-corrected chi connectivity index (χ4v) is 5.97. The Labute approximate surface area is 184 Å². The van der Waals surface area contributed by atoms with E-state index in [1.165, 1.54) is 10.6 Å². The van der Waals surface area contributed by atoms with Gasteiger partial charge >= 0.3 is 0 Å². The molecule has 2 fully saturated rings. The molecule has 2 saturated heterocycles. The summed E-state index contributed by atoms with van der Waals surface area (Å²) in [6.07, 6.45) is 2.66. The molecule has 8 heteroatoms. The van der Waals surface area contributed by atoms with Gasteiger partial charge in [0.2, 0.25) is 11.8 Å². The molecule has 1 unspecified atom stereocenters. The normalized spacial score (nSPS) is 23.1. The SMILES string of the molecule is CCN1CCN(C(=O)C2CCc3nc(N4CCN(C(=O)C(C)C)CC4)sc3C2)CC1. The van der Waals surface area contributed by atoms with Gasteiger partial charge in [-0.15, -0.1) is 11.3 Å². The maximum Gasteiger partial charge on any atom is 0.226 e. The first-order valence-electron chi connectivity index (χ1n) is 11.5. The Balaban J connectivity index is 1.34. The van der Waals surface area contributed by atoms with Crippen molar-refractivity contribution in [1.82, 2.24) is 19.7 Å². The third-order valence-electron chi connectivity index (χ3n) is 6.76. The van der Waals surface area contributed by atoms with Gasteiger partial charge in [0.05, 0.1) is 5.69 Å². The van der Waals surface area contributed by atoms with Crippen molar-refractivity contribution in [3.63, 3.8) is 0 Å². The fourth-order valence-electron chi connectivity index (χ4n) is 4.73. The second-order valence-corrected chi connectivity index (χ2v) is 10.1. The highest BCUT2D eigenvalue weighted by atomic mass is 32.1. The molecule has 0 aromatic carbocycles. The van der Waals surface area contributed by atoms with Gasteiger partial charge in [-0.3, -0.25) is 9.59 Å². The summed E-state index contributed by atoms with van der Waals surface area (Å²) in [6.45, 7) is 14.1. The molecule has 0 N–H and O–H groups in total. The van der Waals surface area contributed by atoms with E-state index < -0.39 is 0 Å². The van der Waals surface area contributed by atoms with Crippen molar-refractivity contribution in [3.8, 4) is 0 Å². The quantitative estimate of drug-likeness (QED) is 0.724. The Bertz CT molecular complexity index is 764. The number of anilines is 1. The summed E-state index contributed by atoms with van der Waals surface area (Å²) in [5.41, 5.74) is 1.19. The largest absolute Gasteiger partial charge is 0.345 e. The highest BCUT2D eigenvalue weighted by Gasteiger charge is 2.33. The van der Waals surface area contributed by atoms with Crippen LogP contribution in [-0.2, 0) is 22.4 Å². The van der Waals surface area contributed by atoms with Gasteiger partial charge in [0, 0.05) is 69.1 Å². The number of carbonyl (C=O) groups excluding carboxylic acids is 2. The van der Waals surface area contributed by atoms with Gasteiger partial charge in [0.25, 0.3) is 0 Å². The van der Waals surface area contributed by atoms with Crippen LogP contribution in [0.1, 0.15) is 37.8 Å². The first kappa shape index (κ1) is 21.6. The minimum atomic E-state index is 0.0585. The minimum Gasteiger partial charge on any atom is -0.345 e. The van der Waals surface area contributed by atoms with Gasteiger partial charge in [0.15, 0.2) is 5.13 Å². The summed E-state index contributed by atoms with van der Waals surface area (Å²) < 4.78 is 0. The van der Waals surface area contributed by atoms with Crippen LogP contribution < -0.4 is 4.90 Å². The molecule has 1 aromatic rings. The third-order valence-corrected chi connectivity index (χ3v) is 7.95. The lowest BCUT2D eigenvalue weighted by molar-refractivity contribution is -0.137. The number of aromatic nitrogens is 1. The highest BCUT2D eigenvalue weighted by molar-refractivity contribution is 7.15. The van der Waals surface area contributed by atoms with Crippen molar-refractivity contribution in [2.24, 2.45) is 11.8 Å². The molecular weight excluding hydrogens is 398 g/mol. The first-order valence-corrected chi connectivity index (χ1v) is 12.3.